The molecule has 1 aromatic rings. The third kappa shape index (κ3) is 2.67. The van der Waals surface area contributed by atoms with E-state index < -0.39 is 0 Å². The van der Waals surface area contributed by atoms with Gasteiger partial charge in [0.1, 0.15) is 13.2 Å². The summed E-state index contributed by atoms with van der Waals surface area (Å²) >= 11 is 0. The van der Waals surface area contributed by atoms with Gasteiger partial charge in [0.05, 0.1) is 0 Å². The Morgan fingerprint density at radius 1 is 1.06 bits per heavy atom. The van der Waals surface area contributed by atoms with Crippen molar-refractivity contribution in [1.82, 2.24) is 5.32 Å². The Hall–Kier alpha value is -0.930. The molecule has 2 aliphatic rings. The largest absolute Gasteiger partial charge is 0.486 e. The van der Waals surface area contributed by atoms with Crippen LogP contribution >= 0.6 is 12.4 Å². The lowest BCUT2D eigenvalue weighted by molar-refractivity contribution is 0.171. The molecule has 0 aliphatic carbocycles. The zero-order chi connectivity index (χ0) is 10.8. The first-order valence-corrected chi connectivity index (χ1v) is 6.06. The lowest BCUT2D eigenvalue weighted by Crippen LogP contribution is -2.27. The van der Waals surface area contributed by atoms with Crippen molar-refractivity contribution in [2.24, 2.45) is 0 Å². The molecule has 2 aliphatic heterocycles. The lowest BCUT2D eigenvalue weighted by Gasteiger charge is -2.25. The van der Waals surface area contributed by atoms with E-state index in [2.05, 4.69) is 17.4 Å². The maximum atomic E-state index is 5.60. The van der Waals surface area contributed by atoms with E-state index in [4.69, 9.17) is 9.47 Å². The molecule has 0 aromatic heterocycles. The van der Waals surface area contributed by atoms with Crippen LogP contribution in [0.1, 0.15) is 30.9 Å². The fourth-order valence-corrected chi connectivity index (χ4v) is 2.41. The minimum Gasteiger partial charge on any atom is -0.486 e. The number of benzene rings is 1. The number of ether oxygens (including phenoxy) is 2. The van der Waals surface area contributed by atoms with Gasteiger partial charge < -0.3 is 14.8 Å². The molecule has 1 aromatic carbocycles. The van der Waals surface area contributed by atoms with Crippen molar-refractivity contribution in [2.75, 3.05) is 19.8 Å². The lowest BCUT2D eigenvalue weighted by atomic mass is 9.97. The first kappa shape index (κ1) is 12.5. The van der Waals surface area contributed by atoms with E-state index in [1.807, 2.05) is 6.07 Å². The van der Waals surface area contributed by atoms with Crippen LogP contribution in [0.4, 0.5) is 0 Å². The van der Waals surface area contributed by atoms with Crippen LogP contribution in [0.5, 0.6) is 11.5 Å². The normalized spacial score (nSPS) is 22.7. The van der Waals surface area contributed by atoms with E-state index in [-0.39, 0.29) is 12.4 Å². The molecule has 1 N–H and O–H groups in total. The Labute approximate surface area is 108 Å². The molecule has 1 fully saturated rings. The summed E-state index contributed by atoms with van der Waals surface area (Å²) in [6.45, 7) is 2.45. The van der Waals surface area contributed by atoms with E-state index in [0.717, 1.165) is 18.0 Å². The van der Waals surface area contributed by atoms with Crippen LogP contribution in [0.2, 0.25) is 0 Å². The van der Waals surface area contributed by atoms with Gasteiger partial charge in [-0.3, -0.25) is 0 Å². The first-order chi connectivity index (χ1) is 7.93. The van der Waals surface area contributed by atoms with Crippen molar-refractivity contribution in [3.63, 3.8) is 0 Å². The molecule has 0 radical (unpaired) electrons. The highest BCUT2D eigenvalue weighted by Gasteiger charge is 2.18. The quantitative estimate of drug-likeness (QED) is 0.837. The van der Waals surface area contributed by atoms with Crippen LogP contribution in [0, 0.1) is 0 Å². The van der Waals surface area contributed by atoms with E-state index in [0.29, 0.717) is 19.3 Å². The number of hydrogen-bond acceptors (Lipinski definition) is 3. The minimum absolute atomic E-state index is 0. The van der Waals surface area contributed by atoms with Crippen LogP contribution in [-0.2, 0) is 0 Å². The second-order valence-electron chi connectivity index (χ2n) is 4.41. The van der Waals surface area contributed by atoms with Gasteiger partial charge in [-0.1, -0.05) is 12.5 Å². The molecule has 0 unspecified atom stereocenters. The summed E-state index contributed by atoms with van der Waals surface area (Å²) in [6, 6.07) is 6.79. The molecule has 1 atom stereocenters. The third-order valence-corrected chi connectivity index (χ3v) is 3.28. The van der Waals surface area contributed by atoms with Crippen LogP contribution in [-0.4, -0.2) is 19.8 Å². The molecular weight excluding hydrogens is 238 g/mol. The topological polar surface area (TPSA) is 30.5 Å². The van der Waals surface area contributed by atoms with E-state index >= 15 is 0 Å². The number of hydrogen-bond donors (Lipinski definition) is 1. The zero-order valence-corrected chi connectivity index (χ0v) is 10.6. The summed E-state index contributed by atoms with van der Waals surface area (Å²) < 4.78 is 11.1. The molecule has 0 spiro atoms. The Bertz CT molecular complexity index is 378. The summed E-state index contributed by atoms with van der Waals surface area (Å²) in [5.74, 6) is 1.78. The average molecular weight is 256 g/mol. The van der Waals surface area contributed by atoms with E-state index in [1.54, 1.807) is 0 Å². The monoisotopic (exact) mass is 255 g/mol. The van der Waals surface area contributed by atoms with Crippen LogP contribution < -0.4 is 14.8 Å². The highest BCUT2D eigenvalue weighted by atomic mass is 35.5. The van der Waals surface area contributed by atoms with Crippen molar-refractivity contribution in [2.45, 2.75) is 25.3 Å². The molecule has 17 heavy (non-hydrogen) atoms. The van der Waals surface area contributed by atoms with E-state index in [1.165, 1.54) is 24.8 Å². The SMILES string of the molecule is Cl.c1cc2c(cc1[C@H]1CCCCN1)OCCO2. The molecule has 0 bridgehead atoms. The second-order valence-corrected chi connectivity index (χ2v) is 4.41. The van der Waals surface area contributed by atoms with Crippen molar-refractivity contribution in [3.8, 4) is 11.5 Å². The Morgan fingerprint density at radius 3 is 2.65 bits per heavy atom. The van der Waals surface area contributed by atoms with Crippen molar-refractivity contribution in [3.05, 3.63) is 23.8 Å². The average Bonchev–Trinajstić information content (AvgIpc) is 2.39. The highest BCUT2D eigenvalue weighted by molar-refractivity contribution is 5.85. The molecule has 4 heteroatoms. The van der Waals surface area contributed by atoms with Gasteiger partial charge in [-0.2, -0.15) is 0 Å². The van der Waals surface area contributed by atoms with Gasteiger partial charge >= 0.3 is 0 Å². The molecular formula is C13H18ClNO2. The summed E-state index contributed by atoms with van der Waals surface area (Å²) in [7, 11) is 0. The van der Waals surface area contributed by atoms with Crippen molar-refractivity contribution < 1.29 is 9.47 Å². The number of fused-ring (bicyclic) bond motifs is 1. The first-order valence-electron chi connectivity index (χ1n) is 6.06. The van der Waals surface area contributed by atoms with Gasteiger partial charge in [0, 0.05) is 6.04 Å². The smallest absolute Gasteiger partial charge is 0.161 e. The predicted molar refractivity (Wildman–Crippen MR) is 69.3 cm³/mol. The minimum atomic E-state index is 0. The predicted octanol–water partition coefficient (Wildman–Crippen LogP) is 2.69. The Balaban J connectivity index is 0.00000108. The number of nitrogens with one attached hydrogen (secondary N) is 1. The molecule has 3 nitrogen and oxygen atoms in total. The van der Waals surface area contributed by atoms with Gasteiger partial charge in [0.15, 0.2) is 11.5 Å². The summed E-state index contributed by atoms with van der Waals surface area (Å²) in [6.07, 6.45) is 3.83. The van der Waals surface area contributed by atoms with Crippen LogP contribution in [0.15, 0.2) is 18.2 Å². The zero-order valence-electron chi connectivity index (χ0n) is 9.78. The Kier molecular flexibility index (Phi) is 4.13. The Morgan fingerprint density at radius 2 is 1.88 bits per heavy atom. The summed E-state index contributed by atoms with van der Waals surface area (Å²) in [5.41, 5.74) is 1.32. The second kappa shape index (κ2) is 5.61. The number of rotatable bonds is 1. The molecule has 2 heterocycles. The standard InChI is InChI=1S/C13H17NO2.ClH/c1-2-6-14-11(3-1)10-4-5-12-13(9-10)16-8-7-15-12;/h4-5,9,11,14H,1-3,6-8H2;1H/t11-;/m1./s1. The fraction of sp³-hybridized carbons (Fsp3) is 0.538. The molecule has 0 amide bonds. The van der Waals surface area contributed by atoms with Gasteiger partial charge in [0.2, 0.25) is 0 Å². The van der Waals surface area contributed by atoms with E-state index in [9.17, 15) is 0 Å². The molecule has 1 saturated heterocycles. The van der Waals surface area contributed by atoms with Gasteiger partial charge in [0.25, 0.3) is 0 Å². The van der Waals surface area contributed by atoms with Gasteiger partial charge in [-0.05, 0) is 37.1 Å². The van der Waals surface area contributed by atoms with Crippen molar-refractivity contribution in [1.29, 1.82) is 0 Å². The maximum absolute atomic E-state index is 5.60. The molecule has 94 valence electrons. The molecule has 0 saturated carbocycles. The number of halogens is 1. The van der Waals surface area contributed by atoms with Crippen molar-refractivity contribution >= 4 is 12.4 Å². The highest BCUT2D eigenvalue weighted by Crippen LogP contribution is 2.34. The summed E-state index contributed by atoms with van der Waals surface area (Å²) in [5, 5.41) is 3.55. The van der Waals surface area contributed by atoms with Crippen LogP contribution in [0.25, 0.3) is 0 Å². The fourth-order valence-electron chi connectivity index (χ4n) is 2.41. The number of piperidine rings is 1. The van der Waals surface area contributed by atoms with Gasteiger partial charge in [-0.15, -0.1) is 12.4 Å². The molecule has 3 rings (SSSR count). The third-order valence-electron chi connectivity index (χ3n) is 3.28. The maximum Gasteiger partial charge on any atom is 0.161 e. The summed E-state index contributed by atoms with van der Waals surface area (Å²) in [4.78, 5) is 0. The van der Waals surface area contributed by atoms with Gasteiger partial charge in [-0.25, -0.2) is 0 Å². The van der Waals surface area contributed by atoms with Crippen LogP contribution in [0.3, 0.4) is 0 Å².